The van der Waals surface area contributed by atoms with Gasteiger partial charge in [0.15, 0.2) is 5.54 Å². The maximum absolute atomic E-state index is 14.7. The third-order valence-corrected chi connectivity index (χ3v) is 5.11. The molecule has 6 heteroatoms. The van der Waals surface area contributed by atoms with Crippen molar-refractivity contribution in [1.29, 1.82) is 0 Å². The topological polar surface area (TPSA) is 38.3 Å². The highest BCUT2D eigenvalue weighted by Gasteiger charge is 2.40. The zero-order chi connectivity index (χ0) is 21.6. The van der Waals surface area contributed by atoms with Gasteiger partial charge in [-0.15, -0.1) is 0 Å². The zero-order valence-electron chi connectivity index (χ0n) is 16.2. The summed E-state index contributed by atoms with van der Waals surface area (Å²) in [6.45, 7) is 1.84. The van der Waals surface area contributed by atoms with Crippen LogP contribution in [-0.2, 0) is 15.1 Å². The van der Waals surface area contributed by atoms with Gasteiger partial charge in [0.2, 0.25) is 0 Å². The van der Waals surface area contributed by atoms with Crippen LogP contribution >= 0.6 is 15.9 Å². The Morgan fingerprint density at radius 2 is 1.70 bits per heavy atom. The molecule has 3 nitrogen and oxygen atoms in total. The Labute approximate surface area is 182 Å². The van der Waals surface area contributed by atoms with Gasteiger partial charge in [-0.25, -0.2) is 13.6 Å². The van der Waals surface area contributed by atoms with Gasteiger partial charge in [-0.05, 0) is 46.1 Å². The number of carbonyl (C=O) groups excluding carboxylic acids is 1. The van der Waals surface area contributed by atoms with Gasteiger partial charge in [0.1, 0.15) is 11.6 Å². The number of benzene rings is 3. The fourth-order valence-electron chi connectivity index (χ4n) is 3.04. The Morgan fingerprint density at radius 3 is 2.30 bits per heavy atom. The molecule has 0 saturated heterocycles. The van der Waals surface area contributed by atoms with E-state index < -0.39 is 23.1 Å². The number of halogens is 3. The first-order valence-corrected chi connectivity index (χ1v) is 10.2. The van der Waals surface area contributed by atoms with Crippen molar-refractivity contribution < 1.29 is 18.3 Å². The Balaban J connectivity index is 2.20. The number of esters is 1. The van der Waals surface area contributed by atoms with E-state index in [4.69, 9.17) is 4.74 Å². The van der Waals surface area contributed by atoms with Crippen LogP contribution in [0.1, 0.15) is 18.1 Å². The summed E-state index contributed by atoms with van der Waals surface area (Å²) in [7, 11) is 0. The minimum atomic E-state index is -1.55. The molecule has 1 unspecified atom stereocenters. The molecular weight excluding hydrogens is 452 g/mol. The van der Waals surface area contributed by atoms with E-state index >= 15 is 0 Å². The molecule has 1 atom stereocenters. The van der Waals surface area contributed by atoms with Crippen molar-refractivity contribution in [2.45, 2.75) is 12.5 Å². The second kappa shape index (κ2) is 9.67. The number of hydrogen-bond donors (Lipinski definition) is 1. The predicted molar refractivity (Wildman–Crippen MR) is 118 cm³/mol. The average molecular weight is 472 g/mol. The van der Waals surface area contributed by atoms with E-state index in [2.05, 4.69) is 21.2 Å². The Morgan fingerprint density at radius 1 is 1.07 bits per heavy atom. The summed E-state index contributed by atoms with van der Waals surface area (Å²) in [6.07, 6.45) is 3.39. The van der Waals surface area contributed by atoms with Crippen LogP contribution in [0.15, 0.2) is 83.3 Å². The monoisotopic (exact) mass is 471 g/mol. The summed E-state index contributed by atoms with van der Waals surface area (Å²) in [6, 6.07) is 20.1. The zero-order valence-corrected chi connectivity index (χ0v) is 17.8. The largest absolute Gasteiger partial charge is 0.464 e. The number of carbonyl (C=O) groups is 1. The van der Waals surface area contributed by atoms with Crippen LogP contribution in [-0.4, -0.2) is 12.6 Å². The van der Waals surface area contributed by atoms with Crippen LogP contribution in [0.25, 0.3) is 6.08 Å². The number of hydrogen-bond acceptors (Lipinski definition) is 3. The lowest BCUT2D eigenvalue weighted by atomic mass is 9.88. The molecule has 0 aliphatic heterocycles. The molecule has 3 rings (SSSR count). The maximum atomic E-state index is 14.7. The van der Waals surface area contributed by atoms with Crippen LogP contribution < -0.4 is 5.32 Å². The number of nitrogens with one attached hydrogen (secondary N) is 1. The highest BCUT2D eigenvalue weighted by molar-refractivity contribution is 9.10. The van der Waals surface area contributed by atoms with Gasteiger partial charge < -0.3 is 10.1 Å². The van der Waals surface area contributed by atoms with E-state index in [1.54, 1.807) is 43.3 Å². The molecule has 3 aromatic rings. The van der Waals surface area contributed by atoms with E-state index in [0.717, 1.165) is 17.7 Å². The first-order chi connectivity index (χ1) is 14.5. The molecule has 0 aliphatic carbocycles. The van der Waals surface area contributed by atoms with Crippen molar-refractivity contribution in [3.8, 4) is 0 Å². The Bertz CT molecular complexity index is 1020. The molecule has 30 heavy (non-hydrogen) atoms. The normalized spacial score (nSPS) is 13.1. The van der Waals surface area contributed by atoms with E-state index in [0.29, 0.717) is 5.56 Å². The second-order valence-electron chi connectivity index (χ2n) is 6.51. The maximum Gasteiger partial charge on any atom is 0.340 e. The lowest BCUT2D eigenvalue weighted by molar-refractivity contribution is -0.147. The molecule has 0 aromatic heterocycles. The van der Waals surface area contributed by atoms with Crippen LogP contribution in [0.5, 0.6) is 0 Å². The van der Waals surface area contributed by atoms with Crippen LogP contribution in [0.3, 0.4) is 0 Å². The van der Waals surface area contributed by atoms with Crippen LogP contribution in [0.4, 0.5) is 14.5 Å². The summed E-state index contributed by atoms with van der Waals surface area (Å²) < 4.78 is 33.8. The number of ether oxygens (including phenoxy) is 1. The smallest absolute Gasteiger partial charge is 0.340 e. The lowest BCUT2D eigenvalue weighted by Gasteiger charge is -2.32. The van der Waals surface area contributed by atoms with E-state index in [9.17, 15) is 13.6 Å². The summed E-state index contributed by atoms with van der Waals surface area (Å²) >= 11 is 3.19. The van der Waals surface area contributed by atoms with E-state index in [-0.39, 0.29) is 16.8 Å². The van der Waals surface area contributed by atoms with Crippen molar-refractivity contribution in [3.05, 3.63) is 106 Å². The molecule has 154 valence electrons. The quantitative estimate of drug-likeness (QED) is 0.410. The van der Waals surface area contributed by atoms with Crippen molar-refractivity contribution >= 4 is 33.7 Å². The van der Waals surface area contributed by atoms with Crippen molar-refractivity contribution in [3.63, 3.8) is 0 Å². The molecule has 0 amide bonds. The van der Waals surface area contributed by atoms with Gasteiger partial charge in [-0.2, -0.15) is 0 Å². The third kappa shape index (κ3) is 4.76. The van der Waals surface area contributed by atoms with Gasteiger partial charge >= 0.3 is 5.97 Å². The van der Waals surface area contributed by atoms with Crippen molar-refractivity contribution in [2.75, 3.05) is 11.9 Å². The molecule has 0 heterocycles. The molecule has 0 radical (unpaired) electrons. The fourth-order valence-corrected chi connectivity index (χ4v) is 3.54. The molecule has 0 spiro atoms. The molecule has 0 fully saturated rings. The van der Waals surface area contributed by atoms with E-state index in [1.165, 1.54) is 0 Å². The highest BCUT2D eigenvalue weighted by atomic mass is 79.9. The molecular formula is C24H20BrF2NO2. The molecule has 0 saturated carbocycles. The molecule has 3 aromatic carbocycles. The fraction of sp³-hybridized carbons (Fsp3) is 0.125. The van der Waals surface area contributed by atoms with Crippen LogP contribution in [0, 0.1) is 11.6 Å². The average Bonchev–Trinajstić information content (AvgIpc) is 2.74. The lowest BCUT2D eigenvalue weighted by Crippen LogP contribution is -2.43. The minimum Gasteiger partial charge on any atom is -0.464 e. The predicted octanol–water partition coefficient (Wildman–Crippen LogP) is 6.31. The molecule has 1 N–H and O–H groups in total. The van der Waals surface area contributed by atoms with Crippen molar-refractivity contribution in [2.24, 2.45) is 0 Å². The third-order valence-electron chi connectivity index (χ3n) is 4.48. The first-order valence-electron chi connectivity index (χ1n) is 9.36. The SMILES string of the molecule is CCOC(=O)C(/C=C/c1ccccc1)(Nc1c(F)cc(F)cc1Br)c1ccccc1. The van der Waals surface area contributed by atoms with Gasteiger partial charge in [-0.3, -0.25) is 0 Å². The molecule has 0 aliphatic rings. The summed E-state index contributed by atoms with van der Waals surface area (Å²) in [4.78, 5) is 13.2. The number of rotatable bonds is 7. The van der Waals surface area contributed by atoms with Gasteiger partial charge in [0.25, 0.3) is 0 Å². The molecule has 0 bridgehead atoms. The van der Waals surface area contributed by atoms with Crippen LogP contribution in [0.2, 0.25) is 0 Å². The minimum absolute atomic E-state index is 0.0500. The highest BCUT2D eigenvalue weighted by Crippen LogP contribution is 2.36. The van der Waals surface area contributed by atoms with Gasteiger partial charge in [0, 0.05) is 10.5 Å². The Kier molecular flexibility index (Phi) is 7.00. The standard InChI is InChI=1S/C24H20BrF2NO2/c1-2-30-23(29)24(18-11-7-4-8-12-18,14-13-17-9-5-3-6-10-17)28-22-20(25)15-19(26)16-21(22)27/h3-16,28H,2H2,1H3/b14-13+. The summed E-state index contributed by atoms with van der Waals surface area (Å²) in [5.74, 6) is -2.18. The van der Waals surface area contributed by atoms with Gasteiger partial charge in [-0.1, -0.05) is 66.7 Å². The summed E-state index contributed by atoms with van der Waals surface area (Å²) in [5.41, 5.74) is -0.200. The van der Waals surface area contributed by atoms with E-state index in [1.807, 2.05) is 36.4 Å². The van der Waals surface area contributed by atoms with Crippen molar-refractivity contribution in [1.82, 2.24) is 0 Å². The second-order valence-corrected chi connectivity index (χ2v) is 7.36. The first kappa shape index (κ1) is 21.7. The Hall–Kier alpha value is -2.99. The van der Waals surface area contributed by atoms with Gasteiger partial charge in [0.05, 0.1) is 12.3 Å². The number of anilines is 1. The summed E-state index contributed by atoms with van der Waals surface area (Å²) in [5, 5.41) is 2.98.